The van der Waals surface area contributed by atoms with Crippen LogP contribution in [0.15, 0.2) is 36.9 Å². The molecule has 42 heavy (non-hydrogen) atoms. The number of benzene rings is 1. The molecular weight excluding hydrogens is 633 g/mol. The summed E-state index contributed by atoms with van der Waals surface area (Å²) in [6.45, 7) is 0.0924. The Balaban J connectivity index is 1.37. The highest BCUT2D eigenvalue weighted by Gasteiger charge is 2.47. The number of nitrogens with two attached hydrogens (primary N) is 1. The Morgan fingerprint density at radius 2 is 1.74 bits per heavy atom. The number of aliphatic hydroxyl groups is 2. The van der Waals surface area contributed by atoms with Crippen molar-refractivity contribution in [2.45, 2.75) is 37.6 Å². The molecule has 0 aliphatic carbocycles. The van der Waals surface area contributed by atoms with Crippen LogP contribution in [0.25, 0.3) is 11.2 Å². The minimum atomic E-state index is -5.89. The van der Waals surface area contributed by atoms with Crippen molar-refractivity contribution < 1.29 is 65.9 Å². The van der Waals surface area contributed by atoms with Crippen LogP contribution < -0.4 is 5.73 Å². The molecule has 230 valence electrons. The van der Waals surface area contributed by atoms with Gasteiger partial charge in [-0.2, -0.15) is 8.62 Å². The SMILES string of the molecule is C[C@@H](OP(=O)(O)OP(=O)(O)OP(=O)(O)OC[C@H]1O[C@@H](n2cnc3c(N)ncnc32)[C@H](O)[C@@H]1O)c1ccccc1[N+](=O)[O-]. The number of nitrogens with zero attached hydrogens (tertiary/aromatic N) is 5. The van der Waals surface area contributed by atoms with E-state index in [9.17, 15) is 48.7 Å². The molecule has 3 aromatic rings. The first kappa shape index (κ1) is 32.2. The first-order chi connectivity index (χ1) is 19.5. The second-order valence-corrected chi connectivity index (χ2v) is 13.1. The lowest BCUT2D eigenvalue weighted by atomic mass is 10.1. The highest BCUT2D eigenvalue weighted by atomic mass is 31.3. The van der Waals surface area contributed by atoms with Gasteiger partial charge < -0.3 is 35.4 Å². The van der Waals surface area contributed by atoms with Gasteiger partial charge in [0.05, 0.1) is 29.5 Å². The van der Waals surface area contributed by atoms with Crippen LogP contribution in [-0.4, -0.2) is 74.3 Å². The number of fused-ring (bicyclic) bond motifs is 1. The van der Waals surface area contributed by atoms with Crippen molar-refractivity contribution in [3.05, 3.63) is 52.6 Å². The zero-order chi connectivity index (χ0) is 31.0. The van der Waals surface area contributed by atoms with E-state index in [0.29, 0.717) is 0 Å². The zero-order valence-electron chi connectivity index (χ0n) is 21.0. The Bertz CT molecular complexity index is 1620. The average Bonchev–Trinajstić information content (AvgIpc) is 3.42. The summed E-state index contributed by atoms with van der Waals surface area (Å²) in [4.78, 5) is 51.7. The molecule has 1 aliphatic rings. The van der Waals surface area contributed by atoms with Crippen molar-refractivity contribution in [3.63, 3.8) is 0 Å². The number of aromatic nitrogens is 4. The monoisotopic (exact) mass is 656 g/mol. The third-order valence-electron chi connectivity index (χ3n) is 5.68. The summed E-state index contributed by atoms with van der Waals surface area (Å²) in [5.74, 6) is 0.0225. The largest absolute Gasteiger partial charge is 0.490 e. The average molecular weight is 656 g/mol. The summed E-state index contributed by atoms with van der Waals surface area (Å²) in [5, 5.41) is 32.0. The van der Waals surface area contributed by atoms with Gasteiger partial charge in [-0.25, -0.2) is 28.6 Å². The minimum Gasteiger partial charge on any atom is -0.387 e. The van der Waals surface area contributed by atoms with Crippen molar-refractivity contribution in [3.8, 4) is 0 Å². The number of imidazole rings is 1. The normalized spacial score (nSPS) is 25.9. The molecule has 0 saturated carbocycles. The number of nitro groups is 1. The number of anilines is 1. The van der Waals surface area contributed by atoms with Crippen LogP contribution in [-0.2, 0) is 36.1 Å². The van der Waals surface area contributed by atoms with E-state index in [1.54, 1.807) is 0 Å². The standard InChI is InChI=1S/C18H23N6O15P3/c1-9(10-4-2-3-5-11(10)24(27)28)37-41(31,32)39-42(33,34)38-40(29,30)35-6-12-14(25)15(26)18(36-12)23-8-22-13-16(19)20-7-21-17(13)23/h2-5,7-9,12,14-15,18,25-26H,6H2,1H3,(H,29,30)(H,31,32)(H,33,34)(H2,19,20,21)/t9-,12-,14-,15-,18-/m1/s1. The summed E-state index contributed by atoms with van der Waals surface area (Å²) in [5.41, 5.74) is 5.32. The summed E-state index contributed by atoms with van der Waals surface area (Å²) < 4.78 is 60.8. The number of nitrogen functional groups attached to an aromatic ring is 1. The van der Waals surface area contributed by atoms with E-state index < -0.39 is 71.3 Å². The van der Waals surface area contributed by atoms with Gasteiger partial charge in [0.25, 0.3) is 5.69 Å². The fourth-order valence-corrected chi connectivity index (χ4v) is 7.56. The lowest BCUT2D eigenvalue weighted by molar-refractivity contribution is -0.386. The van der Waals surface area contributed by atoms with Crippen molar-refractivity contribution in [2.75, 3.05) is 12.3 Å². The molecule has 0 amide bonds. The smallest absolute Gasteiger partial charge is 0.387 e. The lowest BCUT2D eigenvalue weighted by Crippen LogP contribution is -2.33. The van der Waals surface area contributed by atoms with Gasteiger partial charge in [0, 0.05) is 6.07 Å². The van der Waals surface area contributed by atoms with Crippen molar-refractivity contribution in [1.82, 2.24) is 19.5 Å². The zero-order valence-corrected chi connectivity index (χ0v) is 23.7. The molecule has 1 aromatic carbocycles. The third-order valence-corrected chi connectivity index (χ3v) is 10.0. The van der Waals surface area contributed by atoms with Gasteiger partial charge in [0.15, 0.2) is 17.7 Å². The predicted molar refractivity (Wildman–Crippen MR) is 136 cm³/mol. The fourth-order valence-electron chi connectivity index (χ4n) is 3.89. The summed E-state index contributed by atoms with van der Waals surface area (Å²) in [6.07, 6.45) is -5.44. The van der Waals surface area contributed by atoms with Gasteiger partial charge in [0.1, 0.15) is 30.2 Å². The molecule has 3 heterocycles. The fraction of sp³-hybridized carbons (Fsp3) is 0.389. The molecule has 0 spiro atoms. The number of hydrogen-bond acceptors (Lipinski definition) is 16. The second kappa shape index (κ2) is 12.1. The van der Waals surface area contributed by atoms with Crippen LogP contribution in [0.4, 0.5) is 11.5 Å². The molecule has 1 fully saturated rings. The topological polar surface area (TPSA) is 311 Å². The highest BCUT2D eigenvalue weighted by molar-refractivity contribution is 7.66. The Hall–Kier alpha value is -2.74. The number of para-hydroxylation sites is 1. The van der Waals surface area contributed by atoms with Crippen LogP contribution in [0, 0.1) is 10.1 Å². The Kier molecular flexibility index (Phi) is 9.27. The molecule has 0 bridgehead atoms. The molecule has 4 rings (SSSR count). The molecule has 1 aliphatic heterocycles. The third kappa shape index (κ3) is 7.24. The summed E-state index contributed by atoms with van der Waals surface area (Å²) in [7, 11) is -17.0. The Morgan fingerprint density at radius 1 is 1.07 bits per heavy atom. The van der Waals surface area contributed by atoms with Gasteiger partial charge >= 0.3 is 23.5 Å². The van der Waals surface area contributed by atoms with Crippen molar-refractivity contribution >= 4 is 46.1 Å². The van der Waals surface area contributed by atoms with E-state index in [0.717, 1.165) is 19.3 Å². The number of hydrogen-bond donors (Lipinski definition) is 6. The number of phosphoric acid groups is 3. The summed E-state index contributed by atoms with van der Waals surface area (Å²) in [6, 6.07) is 4.94. The lowest BCUT2D eigenvalue weighted by Gasteiger charge is -2.21. The van der Waals surface area contributed by atoms with Gasteiger partial charge in [-0.15, -0.1) is 0 Å². The van der Waals surface area contributed by atoms with Crippen molar-refractivity contribution in [1.29, 1.82) is 0 Å². The molecule has 21 nitrogen and oxygen atoms in total. The van der Waals surface area contributed by atoms with Crippen LogP contribution in [0.3, 0.4) is 0 Å². The van der Waals surface area contributed by atoms with Crippen molar-refractivity contribution in [2.24, 2.45) is 0 Å². The number of nitro benzene ring substituents is 1. The maximum absolute atomic E-state index is 12.3. The number of phosphoric ester groups is 2. The van der Waals surface area contributed by atoms with Gasteiger partial charge in [0.2, 0.25) is 0 Å². The van der Waals surface area contributed by atoms with Crippen LogP contribution in [0.5, 0.6) is 0 Å². The van der Waals surface area contributed by atoms with Crippen LogP contribution in [0.1, 0.15) is 24.8 Å². The van der Waals surface area contributed by atoms with Crippen LogP contribution >= 0.6 is 23.5 Å². The van der Waals surface area contributed by atoms with Gasteiger partial charge in [-0.1, -0.05) is 12.1 Å². The molecular formula is C18H23N6O15P3. The first-order valence-electron chi connectivity index (χ1n) is 11.4. The molecule has 1 saturated heterocycles. The maximum Gasteiger partial charge on any atom is 0.490 e. The molecule has 24 heteroatoms. The summed E-state index contributed by atoms with van der Waals surface area (Å²) >= 11 is 0. The van der Waals surface area contributed by atoms with E-state index >= 15 is 0 Å². The second-order valence-electron chi connectivity index (χ2n) is 8.56. The quantitative estimate of drug-likeness (QED) is 0.0901. The molecule has 8 atom stereocenters. The minimum absolute atomic E-state index is 0.0225. The van der Waals surface area contributed by atoms with E-state index in [-0.39, 0.29) is 22.5 Å². The van der Waals surface area contributed by atoms with E-state index in [1.807, 2.05) is 0 Å². The predicted octanol–water partition coefficient (Wildman–Crippen LogP) is 1.06. The molecule has 3 unspecified atom stereocenters. The number of ether oxygens (including phenoxy) is 1. The van der Waals surface area contributed by atoms with Gasteiger partial charge in [-0.05, 0) is 13.0 Å². The Labute approximate surface area is 234 Å². The molecule has 2 aromatic heterocycles. The maximum atomic E-state index is 12.3. The van der Waals surface area contributed by atoms with Gasteiger partial charge in [-0.3, -0.25) is 23.7 Å². The van der Waals surface area contributed by atoms with E-state index in [2.05, 4.69) is 32.6 Å². The van der Waals surface area contributed by atoms with E-state index in [1.165, 1.54) is 29.1 Å². The number of aliphatic hydroxyl groups excluding tert-OH is 2. The first-order valence-corrected chi connectivity index (χ1v) is 15.9. The van der Waals surface area contributed by atoms with E-state index in [4.69, 9.17) is 10.5 Å². The van der Waals surface area contributed by atoms with Crippen LogP contribution in [0.2, 0.25) is 0 Å². The molecule has 7 N–H and O–H groups in total. The highest BCUT2D eigenvalue weighted by Crippen LogP contribution is 2.68. The number of rotatable bonds is 12. The molecule has 0 radical (unpaired) electrons. The Morgan fingerprint density at radius 3 is 2.43 bits per heavy atom.